The van der Waals surface area contributed by atoms with Crippen LogP contribution in [0.15, 0.2) is 437 Å². The second kappa shape index (κ2) is 32.0. The minimum Gasteiger partial charge on any atom is -0.528 e. The van der Waals surface area contributed by atoms with E-state index in [4.69, 9.17) is 17.7 Å². The van der Waals surface area contributed by atoms with Gasteiger partial charge in [-0.05, 0) is 133 Å². The highest BCUT2D eigenvalue weighted by molar-refractivity contribution is 7.09. The SMILES string of the molecule is Fc1cc(C(c2ccc(O[Si](c3ccccc3)(c3ccccc3)c3ccccc3)c(F)c2)C(c2ccc(O[Si](c3ccccc3)(c3ccccc3)c3ccccc3)c(F)c2)c2ccc(O[Si](c3ccccc3)(c3ccccc3)c3ccccc3)c(F)c2)ccc1O[Si](c1ccccc1)(c1ccccc1)c1ccccc1. The van der Waals surface area contributed by atoms with Gasteiger partial charge in [0.2, 0.25) is 0 Å². The molecular formula is C98H74F4O4Si4. The molecule has 0 bridgehead atoms. The molecule has 0 fully saturated rings. The van der Waals surface area contributed by atoms with Crippen LogP contribution in [-0.4, -0.2) is 33.3 Å². The van der Waals surface area contributed by atoms with Crippen LogP contribution in [0.2, 0.25) is 0 Å². The fraction of sp³-hybridized carbons (Fsp3) is 0.0204. The maximum atomic E-state index is 18.7. The van der Waals surface area contributed by atoms with Crippen LogP contribution in [0.5, 0.6) is 23.0 Å². The molecule has 12 heteroatoms. The van der Waals surface area contributed by atoms with Gasteiger partial charge in [0.05, 0.1) is 0 Å². The first-order valence-corrected chi connectivity index (χ1v) is 44.4. The van der Waals surface area contributed by atoms with Crippen LogP contribution in [0.1, 0.15) is 34.1 Å². The number of halogens is 4. The molecule has 534 valence electrons. The molecule has 0 spiro atoms. The molecule has 0 heterocycles. The first-order chi connectivity index (χ1) is 54.2. The quantitative estimate of drug-likeness (QED) is 0.0325. The van der Waals surface area contributed by atoms with Gasteiger partial charge in [-0.1, -0.05) is 388 Å². The average Bonchev–Trinajstić information content (AvgIpc) is 0.677. The zero-order valence-electron chi connectivity index (χ0n) is 59.9. The standard InChI is InChI=1S/C98H74F4O4Si4/c99-89-69-73(61-65-93(89)103-107(77-37-13-1-14-38-77,78-39-15-2-16-40-78)79-41-17-3-18-42-79)97(74-62-66-94(90(100)70-74)104-108(80-43-19-4-20-44-80,81-45-21-5-22-46-81)82-47-23-6-24-48-82)98(75-63-67-95(91(101)71-75)105-109(83-49-25-7-26-50-83,84-51-27-8-28-52-84)85-53-29-9-30-54-85)76-64-68-96(92(102)72-76)106-110(86-55-31-10-32-56-86,87-57-33-11-34-58-87)88-59-35-12-36-60-88/h1-72,97-98H. The molecule has 0 radical (unpaired) electrons. The first kappa shape index (κ1) is 71.6. The van der Waals surface area contributed by atoms with Crippen molar-refractivity contribution in [2.45, 2.75) is 11.8 Å². The summed E-state index contributed by atoms with van der Waals surface area (Å²) in [5, 5.41) is 10.6. The fourth-order valence-corrected chi connectivity index (χ4v) is 31.1. The van der Waals surface area contributed by atoms with Gasteiger partial charge >= 0.3 is 33.3 Å². The van der Waals surface area contributed by atoms with Gasteiger partial charge < -0.3 is 17.7 Å². The van der Waals surface area contributed by atoms with Crippen molar-refractivity contribution >= 4 is 95.5 Å². The Labute approximate surface area is 643 Å². The fourth-order valence-electron chi connectivity index (χ4n) is 15.8. The second-order valence-electron chi connectivity index (χ2n) is 27.2. The number of rotatable bonds is 25. The highest BCUT2D eigenvalue weighted by atomic mass is 28.4. The molecule has 16 rings (SSSR count). The van der Waals surface area contributed by atoms with Gasteiger partial charge in [0.1, 0.15) is 23.0 Å². The van der Waals surface area contributed by atoms with Crippen molar-refractivity contribution in [3.8, 4) is 23.0 Å². The third-order valence-electron chi connectivity index (χ3n) is 20.8. The monoisotopic (exact) mass is 1500 g/mol. The zero-order chi connectivity index (χ0) is 74.8. The lowest BCUT2D eigenvalue weighted by Gasteiger charge is -2.35. The normalized spacial score (nSPS) is 11.8. The molecule has 4 nitrogen and oxygen atoms in total. The molecule has 0 aliphatic heterocycles. The molecular weight excluding hydrogens is 1430 g/mol. The van der Waals surface area contributed by atoms with E-state index in [9.17, 15) is 0 Å². The second-order valence-corrected chi connectivity index (χ2v) is 40.4. The van der Waals surface area contributed by atoms with Crippen LogP contribution < -0.4 is 79.9 Å². The van der Waals surface area contributed by atoms with Crippen molar-refractivity contribution in [3.63, 3.8) is 0 Å². The summed E-state index contributed by atoms with van der Waals surface area (Å²) in [6.07, 6.45) is 0. The zero-order valence-corrected chi connectivity index (χ0v) is 63.9. The molecule has 0 amide bonds. The highest BCUT2D eigenvalue weighted by Gasteiger charge is 2.49. The Bertz CT molecular complexity index is 4620. The molecule has 0 aromatic heterocycles. The van der Waals surface area contributed by atoms with Crippen LogP contribution in [0.25, 0.3) is 0 Å². The van der Waals surface area contributed by atoms with Crippen LogP contribution in [0.4, 0.5) is 17.6 Å². The van der Waals surface area contributed by atoms with Crippen molar-refractivity contribution in [3.05, 3.63) is 482 Å². The summed E-state index contributed by atoms with van der Waals surface area (Å²) in [4.78, 5) is 0. The van der Waals surface area contributed by atoms with E-state index in [0.717, 1.165) is 62.2 Å². The van der Waals surface area contributed by atoms with E-state index in [1.807, 2.05) is 364 Å². The van der Waals surface area contributed by atoms with E-state index in [1.54, 1.807) is 48.5 Å². The Balaban J connectivity index is 0.917. The Kier molecular flexibility index (Phi) is 20.8. The van der Waals surface area contributed by atoms with Crippen molar-refractivity contribution in [1.82, 2.24) is 0 Å². The molecule has 16 aromatic carbocycles. The van der Waals surface area contributed by atoms with Crippen LogP contribution in [-0.2, 0) is 0 Å². The molecule has 0 unspecified atom stereocenters. The minimum atomic E-state index is -3.63. The van der Waals surface area contributed by atoms with E-state index >= 15 is 17.6 Å². The van der Waals surface area contributed by atoms with Gasteiger partial charge in [-0.2, -0.15) is 0 Å². The van der Waals surface area contributed by atoms with Crippen LogP contribution in [0.3, 0.4) is 0 Å². The lowest BCUT2D eigenvalue weighted by Crippen LogP contribution is -2.71. The van der Waals surface area contributed by atoms with Gasteiger partial charge in [-0.15, -0.1) is 0 Å². The Morgan fingerprint density at radius 1 is 0.155 bits per heavy atom. The molecule has 16 aromatic rings. The van der Waals surface area contributed by atoms with Crippen LogP contribution in [0, 0.1) is 23.3 Å². The Morgan fingerprint density at radius 2 is 0.273 bits per heavy atom. The van der Waals surface area contributed by atoms with E-state index in [0.29, 0.717) is 22.3 Å². The smallest absolute Gasteiger partial charge is 0.347 e. The van der Waals surface area contributed by atoms with E-state index in [2.05, 4.69) is 0 Å². The van der Waals surface area contributed by atoms with E-state index < -0.39 is 68.4 Å². The lowest BCUT2D eigenvalue weighted by atomic mass is 9.73. The Morgan fingerprint density at radius 3 is 0.382 bits per heavy atom. The summed E-state index contributed by atoms with van der Waals surface area (Å²) in [7, 11) is -14.5. The maximum absolute atomic E-state index is 18.7. The van der Waals surface area contributed by atoms with Crippen molar-refractivity contribution < 1.29 is 35.3 Å². The predicted octanol–water partition coefficient (Wildman–Crippen LogP) is 15.4. The number of benzene rings is 16. The summed E-state index contributed by atoms with van der Waals surface area (Å²) >= 11 is 0. The summed E-state index contributed by atoms with van der Waals surface area (Å²) < 4.78 is 105. The van der Waals surface area contributed by atoms with Crippen molar-refractivity contribution in [2.24, 2.45) is 0 Å². The number of hydrogen-bond donors (Lipinski definition) is 0. The Hall–Kier alpha value is -12.7. The highest BCUT2D eigenvalue weighted by Crippen LogP contribution is 2.47. The maximum Gasteiger partial charge on any atom is 0.347 e. The summed E-state index contributed by atoms with van der Waals surface area (Å²) in [6.45, 7) is 0. The van der Waals surface area contributed by atoms with E-state index in [-0.39, 0.29) is 23.0 Å². The topological polar surface area (TPSA) is 36.9 Å². The van der Waals surface area contributed by atoms with Gasteiger partial charge in [0, 0.05) is 11.8 Å². The van der Waals surface area contributed by atoms with Gasteiger partial charge in [0.15, 0.2) is 23.3 Å². The average molecular weight is 1500 g/mol. The molecule has 0 aliphatic rings. The largest absolute Gasteiger partial charge is 0.528 e. The summed E-state index contributed by atoms with van der Waals surface area (Å²) in [6, 6.07) is 139. The molecule has 0 saturated heterocycles. The molecule has 0 atom stereocenters. The lowest BCUT2D eigenvalue weighted by molar-refractivity contribution is 0.497. The number of hydrogen-bond acceptors (Lipinski definition) is 4. The van der Waals surface area contributed by atoms with Gasteiger partial charge in [-0.25, -0.2) is 17.6 Å². The van der Waals surface area contributed by atoms with Crippen molar-refractivity contribution in [1.29, 1.82) is 0 Å². The van der Waals surface area contributed by atoms with E-state index in [1.165, 1.54) is 24.3 Å². The first-order valence-electron chi connectivity index (χ1n) is 36.8. The third-order valence-corrected chi connectivity index (χ3v) is 36.7. The molecule has 0 aliphatic carbocycles. The summed E-state index contributed by atoms with van der Waals surface area (Å²) in [5.74, 6) is -5.24. The minimum absolute atomic E-state index is 0.0304. The molecule has 110 heavy (non-hydrogen) atoms. The van der Waals surface area contributed by atoms with Crippen molar-refractivity contribution in [2.75, 3.05) is 0 Å². The summed E-state index contributed by atoms with van der Waals surface area (Å²) in [5.41, 5.74) is 1.37. The predicted molar refractivity (Wildman–Crippen MR) is 448 cm³/mol. The van der Waals surface area contributed by atoms with Gasteiger partial charge in [0.25, 0.3) is 0 Å². The van der Waals surface area contributed by atoms with Crippen LogP contribution >= 0.6 is 0 Å². The molecule has 0 N–H and O–H groups in total. The molecule has 0 saturated carbocycles. The van der Waals surface area contributed by atoms with Gasteiger partial charge in [-0.3, -0.25) is 0 Å². The third kappa shape index (κ3) is 13.9.